The number of aliphatic hydroxyl groups is 1. The summed E-state index contributed by atoms with van der Waals surface area (Å²) in [5.74, 6) is -0.845. The number of carboxylic acids is 1. The molecule has 1 aromatic rings. The molecule has 0 spiro atoms. The molecule has 5 heteroatoms. The maximum Gasteiger partial charge on any atom is 0.317 e. The Balaban J connectivity index is 2.87. The highest BCUT2D eigenvalue weighted by Gasteiger charge is 2.21. The number of pyridine rings is 1. The first-order valence-electron chi connectivity index (χ1n) is 6.65. The Morgan fingerprint density at radius 1 is 1.53 bits per heavy atom. The van der Waals surface area contributed by atoms with Crippen molar-refractivity contribution in [1.82, 2.24) is 9.88 Å². The number of aliphatic carboxylic acids is 1. The summed E-state index contributed by atoms with van der Waals surface area (Å²) in [6, 6.07) is 3.66. The van der Waals surface area contributed by atoms with Gasteiger partial charge >= 0.3 is 5.97 Å². The van der Waals surface area contributed by atoms with Crippen LogP contribution in [0.15, 0.2) is 24.5 Å². The zero-order valence-corrected chi connectivity index (χ0v) is 11.3. The van der Waals surface area contributed by atoms with Crippen molar-refractivity contribution in [2.75, 3.05) is 19.7 Å². The van der Waals surface area contributed by atoms with Gasteiger partial charge in [0.05, 0.1) is 6.54 Å². The van der Waals surface area contributed by atoms with Gasteiger partial charge in [-0.2, -0.15) is 0 Å². The van der Waals surface area contributed by atoms with Crippen molar-refractivity contribution in [1.29, 1.82) is 0 Å². The molecule has 0 saturated heterocycles. The van der Waals surface area contributed by atoms with Crippen molar-refractivity contribution < 1.29 is 15.0 Å². The van der Waals surface area contributed by atoms with Crippen LogP contribution in [0.5, 0.6) is 0 Å². The van der Waals surface area contributed by atoms with Crippen molar-refractivity contribution in [3.8, 4) is 0 Å². The molecule has 0 radical (unpaired) electrons. The monoisotopic (exact) mass is 266 g/mol. The number of aromatic nitrogens is 1. The Morgan fingerprint density at radius 3 is 2.84 bits per heavy atom. The van der Waals surface area contributed by atoms with Crippen molar-refractivity contribution >= 4 is 5.97 Å². The van der Waals surface area contributed by atoms with Crippen molar-refractivity contribution in [2.45, 2.75) is 32.2 Å². The lowest BCUT2D eigenvalue weighted by atomic mass is 10.0. The van der Waals surface area contributed by atoms with Gasteiger partial charge < -0.3 is 10.2 Å². The van der Waals surface area contributed by atoms with Crippen LogP contribution in [-0.2, 0) is 4.79 Å². The van der Waals surface area contributed by atoms with Gasteiger partial charge in [0.2, 0.25) is 0 Å². The molecule has 2 N–H and O–H groups in total. The molecule has 0 bridgehead atoms. The van der Waals surface area contributed by atoms with E-state index in [2.05, 4.69) is 11.9 Å². The Morgan fingerprint density at radius 2 is 2.32 bits per heavy atom. The van der Waals surface area contributed by atoms with Crippen LogP contribution in [0.25, 0.3) is 0 Å². The van der Waals surface area contributed by atoms with Crippen LogP contribution in [0.2, 0.25) is 0 Å². The lowest BCUT2D eigenvalue weighted by Gasteiger charge is -2.30. The number of hydrogen-bond acceptors (Lipinski definition) is 4. The third-order valence-corrected chi connectivity index (χ3v) is 3.05. The Labute approximate surface area is 113 Å². The van der Waals surface area contributed by atoms with E-state index in [9.17, 15) is 9.90 Å². The average molecular weight is 266 g/mol. The molecule has 1 unspecified atom stereocenters. The largest absolute Gasteiger partial charge is 0.480 e. The van der Waals surface area contributed by atoms with Crippen molar-refractivity contribution in [2.24, 2.45) is 0 Å². The van der Waals surface area contributed by atoms with Gasteiger partial charge in [-0.25, -0.2) is 0 Å². The van der Waals surface area contributed by atoms with E-state index >= 15 is 0 Å². The van der Waals surface area contributed by atoms with Crippen molar-refractivity contribution in [3.63, 3.8) is 0 Å². The predicted molar refractivity (Wildman–Crippen MR) is 72.8 cm³/mol. The number of unbranched alkanes of at least 4 members (excludes halogenated alkanes) is 1. The molecule has 106 valence electrons. The quantitative estimate of drug-likeness (QED) is 0.711. The lowest BCUT2D eigenvalue weighted by molar-refractivity contribution is -0.139. The van der Waals surface area contributed by atoms with E-state index in [-0.39, 0.29) is 19.2 Å². The summed E-state index contributed by atoms with van der Waals surface area (Å²) in [7, 11) is 0. The van der Waals surface area contributed by atoms with Gasteiger partial charge in [-0.1, -0.05) is 19.4 Å². The first-order valence-corrected chi connectivity index (χ1v) is 6.65. The molecule has 0 fully saturated rings. The van der Waals surface area contributed by atoms with Gasteiger partial charge in [-0.05, 0) is 31.0 Å². The Bertz CT molecular complexity index is 370. The molecule has 0 aliphatic rings. The number of nitrogens with zero attached hydrogens (tertiary/aromatic N) is 2. The zero-order valence-electron chi connectivity index (χ0n) is 11.3. The molecule has 0 aliphatic heterocycles. The topological polar surface area (TPSA) is 73.7 Å². The molecule has 0 aliphatic carbocycles. The summed E-state index contributed by atoms with van der Waals surface area (Å²) < 4.78 is 0. The van der Waals surface area contributed by atoms with E-state index in [1.54, 1.807) is 12.4 Å². The molecule has 1 rings (SSSR count). The highest BCUT2D eigenvalue weighted by atomic mass is 16.4. The lowest BCUT2D eigenvalue weighted by Crippen LogP contribution is -2.35. The fraction of sp³-hybridized carbons (Fsp3) is 0.571. The van der Waals surface area contributed by atoms with E-state index in [0.29, 0.717) is 13.0 Å². The van der Waals surface area contributed by atoms with Gasteiger partial charge in [-0.15, -0.1) is 0 Å². The third kappa shape index (κ3) is 5.36. The van der Waals surface area contributed by atoms with Crippen LogP contribution in [-0.4, -0.2) is 45.8 Å². The van der Waals surface area contributed by atoms with E-state index in [4.69, 9.17) is 5.11 Å². The Hall–Kier alpha value is -1.46. The van der Waals surface area contributed by atoms with Crippen LogP contribution in [0.4, 0.5) is 0 Å². The molecular weight excluding hydrogens is 244 g/mol. The first-order chi connectivity index (χ1) is 9.19. The average Bonchev–Trinajstić information content (AvgIpc) is 2.41. The summed E-state index contributed by atoms with van der Waals surface area (Å²) in [5.41, 5.74) is 0.953. The fourth-order valence-corrected chi connectivity index (χ4v) is 2.14. The highest BCUT2D eigenvalue weighted by molar-refractivity contribution is 5.69. The SMILES string of the molecule is CCCCN(CC(=O)O)C(CCO)c1cccnc1. The Kier molecular flexibility index (Phi) is 7.07. The number of aliphatic hydroxyl groups excluding tert-OH is 1. The summed E-state index contributed by atoms with van der Waals surface area (Å²) >= 11 is 0. The molecule has 19 heavy (non-hydrogen) atoms. The molecule has 1 heterocycles. The van der Waals surface area contributed by atoms with Crippen molar-refractivity contribution in [3.05, 3.63) is 30.1 Å². The fourth-order valence-electron chi connectivity index (χ4n) is 2.14. The van der Waals surface area contributed by atoms with Crippen LogP contribution in [0.3, 0.4) is 0 Å². The van der Waals surface area contributed by atoms with Crippen LogP contribution in [0, 0.1) is 0 Å². The second-order valence-corrected chi connectivity index (χ2v) is 4.53. The number of carbonyl (C=O) groups is 1. The molecule has 0 amide bonds. The number of carboxylic acid groups (broad SMARTS) is 1. The predicted octanol–water partition coefficient (Wildman–Crippen LogP) is 1.69. The summed E-state index contributed by atoms with van der Waals surface area (Å²) in [6.07, 6.45) is 5.89. The highest BCUT2D eigenvalue weighted by Crippen LogP contribution is 2.23. The van der Waals surface area contributed by atoms with Crippen LogP contribution in [0.1, 0.15) is 37.8 Å². The molecule has 0 saturated carbocycles. The van der Waals surface area contributed by atoms with E-state index < -0.39 is 5.97 Å². The minimum atomic E-state index is -0.845. The molecule has 5 nitrogen and oxygen atoms in total. The maximum atomic E-state index is 11.0. The van der Waals surface area contributed by atoms with Crippen LogP contribution < -0.4 is 0 Å². The van der Waals surface area contributed by atoms with Gasteiger partial charge in [0.1, 0.15) is 0 Å². The summed E-state index contributed by atoms with van der Waals surface area (Å²) in [5, 5.41) is 18.2. The van der Waals surface area contributed by atoms with E-state index in [1.807, 2.05) is 17.0 Å². The first kappa shape index (κ1) is 15.6. The van der Waals surface area contributed by atoms with E-state index in [1.165, 1.54) is 0 Å². The minimum Gasteiger partial charge on any atom is -0.480 e. The minimum absolute atomic E-state index is 0.0143. The van der Waals surface area contributed by atoms with E-state index in [0.717, 1.165) is 18.4 Å². The van der Waals surface area contributed by atoms with Crippen LogP contribution >= 0.6 is 0 Å². The van der Waals surface area contributed by atoms with Gasteiger partial charge in [0.25, 0.3) is 0 Å². The number of hydrogen-bond donors (Lipinski definition) is 2. The summed E-state index contributed by atoms with van der Waals surface area (Å²) in [4.78, 5) is 17.0. The van der Waals surface area contributed by atoms with Gasteiger partial charge in [-0.3, -0.25) is 14.7 Å². The summed E-state index contributed by atoms with van der Waals surface area (Å²) in [6.45, 7) is 2.80. The molecule has 0 aromatic carbocycles. The second-order valence-electron chi connectivity index (χ2n) is 4.53. The van der Waals surface area contributed by atoms with Gasteiger partial charge in [0.15, 0.2) is 0 Å². The molecule has 1 atom stereocenters. The molecule has 1 aromatic heterocycles. The maximum absolute atomic E-state index is 11.0. The smallest absolute Gasteiger partial charge is 0.317 e. The van der Waals surface area contributed by atoms with Gasteiger partial charge in [0, 0.05) is 25.0 Å². The number of rotatable bonds is 9. The zero-order chi connectivity index (χ0) is 14.1. The molecular formula is C14H22N2O3. The second kappa shape index (κ2) is 8.61. The standard InChI is InChI=1S/C14H22N2O3/c1-2-3-8-16(11-14(18)19)13(6-9-17)12-5-4-7-15-10-12/h4-5,7,10,13,17H,2-3,6,8-9,11H2,1H3,(H,18,19). The normalized spacial score (nSPS) is 12.6. The third-order valence-electron chi connectivity index (χ3n) is 3.05.